The Hall–Kier alpha value is -2.95. The smallest absolute Gasteiger partial charge is 0.387 e. The van der Waals surface area contributed by atoms with Crippen molar-refractivity contribution in [1.82, 2.24) is 5.32 Å². The van der Waals surface area contributed by atoms with Gasteiger partial charge < -0.3 is 20.7 Å². The summed E-state index contributed by atoms with van der Waals surface area (Å²) in [4.78, 5) is 11.7. The van der Waals surface area contributed by atoms with Gasteiger partial charge in [0, 0.05) is 5.69 Å². The molecule has 0 saturated heterocycles. The highest BCUT2D eigenvalue weighted by Gasteiger charge is 2.15. The van der Waals surface area contributed by atoms with Gasteiger partial charge in [0.25, 0.3) is 0 Å². The van der Waals surface area contributed by atoms with Crippen molar-refractivity contribution in [2.24, 2.45) is 0 Å². The minimum atomic E-state index is -2.94. The van der Waals surface area contributed by atoms with E-state index in [1.807, 2.05) is 0 Å². The van der Waals surface area contributed by atoms with Crippen LogP contribution >= 0.6 is 12.2 Å². The van der Waals surface area contributed by atoms with Crippen LogP contribution in [-0.4, -0.2) is 24.2 Å². The Labute approximate surface area is 155 Å². The lowest BCUT2D eigenvalue weighted by Gasteiger charge is -2.12. The average Bonchev–Trinajstić information content (AvgIpc) is 2.62. The minimum Gasteiger partial charge on any atom is -0.435 e. The van der Waals surface area contributed by atoms with Crippen LogP contribution in [0.5, 0.6) is 5.75 Å². The molecule has 0 saturated carbocycles. The van der Waals surface area contributed by atoms with Crippen molar-refractivity contribution in [2.75, 3.05) is 17.2 Å². The van der Waals surface area contributed by atoms with Crippen molar-refractivity contribution in [3.8, 4) is 5.75 Å². The number of alkyl halides is 2. The molecule has 0 unspecified atom stereocenters. The summed E-state index contributed by atoms with van der Waals surface area (Å²) >= 11 is 4.95. The lowest BCUT2D eigenvalue weighted by atomic mass is 10.2. The van der Waals surface area contributed by atoms with Gasteiger partial charge >= 0.3 is 6.61 Å². The number of halogens is 5. The molecule has 2 aromatic rings. The van der Waals surface area contributed by atoms with Crippen LogP contribution in [0.2, 0.25) is 0 Å². The summed E-state index contributed by atoms with van der Waals surface area (Å²) in [5.41, 5.74) is -0.0876. The van der Waals surface area contributed by atoms with E-state index in [1.165, 1.54) is 24.3 Å². The molecule has 2 rings (SSSR count). The van der Waals surface area contributed by atoms with Gasteiger partial charge in [-0.25, -0.2) is 13.2 Å². The number of hydrogen-bond acceptors (Lipinski definition) is 3. The number of amides is 1. The predicted molar refractivity (Wildman–Crippen MR) is 92.2 cm³/mol. The van der Waals surface area contributed by atoms with Gasteiger partial charge in [0.15, 0.2) is 22.6 Å². The van der Waals surface area contributed by atoms with Gasteiger partial charge in [-0.05, 0) is 48.6 Å². The normalized spacial score (nSPS) is 10.4. The molecule has 0 aromatic heterocycles. The SMILES string of the molecule is O=C(CNC(=S)Nc1ccc(OC(F)F)cc1)Nc1ccc(F)c(F)c1F. The summed E-state index contributed by atoms with van der Waals surface area (Å²) in [6, 6.07) is 6.97. The van der Waals surface area contributed by atoms with E-state index in [0.29, 0.717) is 11.8 Å². The zero-order chi connectivity index (χ0) is 20.0. The number of ether oxygens (including phenoxy) is 1. The predicted octanol–water partition coefficient (Wildman–Crippen LogP) is 3.63. The molecule has 0 fully saturated rings. The standard InChI is InChI=1S/C16H12F5N3O2S/c17-10-5-6-11(14(19)13(10)18)24-12(25)7-22-16(27)23-8-1-3-9(4-2-8)26-15(20)21/h1-6,15H,7H2,(H,24,25)(H2,22,23,27). The van der Waals surface area contributed by atoms with Crippen LogP contribution < -0.4 is 20.7 Å². The van der Waals surface area contributed by atoms with Gasteiger partial charge in [0.05, 0.1) is 12.2 Å². The Morgan fingerprint density at radius 1 is 1.00 bits per heavy atom. The molecule has 0 aliphatic carbocycles. The Balaban J connectivity index is 1.83. The molecule has 2 aromatic carbocycles. The Kier molecular flexibility index (Phi) is 6.88. The molecule has 144 valence electrons. The molecule has 27 heavy (non-hydrogen) atoms. The molecule has 0 aliphatic rings. The van der Waals surface area contributed by atoms with Gasteiger partial charge in [-0.1, -0.05) is 0 Å². The highest BCUT2D eigenvalue weighted by Crippen LogP contribution is 2.19. The topological polar surface area (TPSA) is 62.4 Å². The highest BCUT2D eigenvalue weighted by molar-refractivity contribution is 7.80. The Morgan fingerprint density at radius 3 is 2.30 bits per heavy atom. The van der Waals surface area contributed by atoms with Gasteiger partial charge in [-0.2, -0.15) is 8.78 Å². The fourth-order valence-electron chi connectivity index (χ4n) is 1.87. The molecule has 0 aliphatic heterocycles. The van der Waals surface area contributed by atoms with E-state index in [1.54, 1.807) is 0 Å². The molecule has 0 heterocycles. The first-order chi connectivity index (χ1) is 12.8. The third-order valence-electron chi connectivity index (χ3n) is 3.06. The van der Waals surface area contributed by atoms with Gasteiger partial charge in [0.1, 0.15) is 5.75 Å². The fourth-order valence-corrected chi connectivity index (χ4v) is 2.06. The third kappa shape index (κ3) is 6.06. The number of carbonyl (C=O) groups excluding carboxylic acids is 1. The maximum Gasteiger partial charge on any atom is 0.387 e. The van der Waals surface area contributed by atoms with Crippen LogP contribution in [0.15, 0.2) is 36.4 Å². The van der Waals surface area contributed by atoms with E-state index in [9.17, 15) is 26.7 Å². The lowest BCUT2D eigenvalue weighted by molar-refractivity contribution is -0.115. The van der Waals surface area contributed by atoms with E-state index in [4.69, 9.17) is 12.2 Å². The van der Waals surface area contributed by atoms with E-state index >= 15 is 0 Å². The van der Waals surface area contributed by atoms with Crippen LogP contribution in [0.3, 0.4) is 0 Å². The maximum absolute atomic E-state index is 13.5. The number of carbonyl (C=O) groups is 1. The van der Waals surface area contributed by atoms with E-state index in [2.05, 4.69) is 20.7 Å². The first-order valence-corrected chi connectivity index (χ1v) is 7.70. The largest absolute Gasteiger partial charge is 0.435 e. The van der Waals surface area contributed by atoms with Crippen LogP contribution in [0.25, 0.3) is 0 Å². The fraction of sp³-hybridized carbons (Fsp3) is 0.125. The molecule has 0 spiro atoms. The second kappa shape index (κ2) is 9.12. The summed E-state index contributed by atoms with van der Waals surface area (Å²) in [5, 5.41) is 7.27. The van der Waals surface area contributed by atoms with Crippen molar-refractivity contribution in [3.63, 3.8) is 0 Å². The van der Waals surface area contributed by atoms with Gasteiger partial charge in [-0.3, -0.25) is 4.79 Å². The summed E-state index contributed by atoms with van der Waals surface area (Å²) in [6.07, 6.45) is 0. The summed E-state index contributed by atoms with van der Waals surface area (Å²) in [6.45, 7) is -3.33. The quantitative estimate of drug-likeness (QED) is 0.389. The number of thiocarbonyl (C=S) groups is 1. The van der Waals surface area contributed by atoms with Crippen LogP contribution in [-0.2, 0) is 4.79 Å². The monoisotopic (exact) mass is 405 g/mol. The zero-order valence-corrected chi connectivity index (χ0v) is 14.2. The molecule has 0 atom stereocenters. The molecule has 0 bridgehead atoms. The summed E-state index contributed by atoms with van der Waals surface area (Å²) in [7, 11) is 0. The zero-order valence-electron chi connectivity index (χ0n) is 13.4. The Morgan fingerprint density at radius 2 is 1.67 bits per heavy atom. The number of anilines is 2. The molecule has 5 nitrogen and oxygen atoms in total. The van der Waals surface area contributed by atoms with E-state index in [0.717, 1.165) is 6.07 Å². The number of rotatable bonds is 6. The number of benzene rings is 2. The van der Waals surface area contributed by atoms with Crippen molar-refractivity contribution in [1.29, 1.82) is 0 Å². The first-order valence-electron chi connectivity index (χ1n) is 7.29. The van der Waals surface area contributed by atoms with E-state index in [-0.39, 0.29) is 10.9 Å². The molecule has 3 N–H and O–H groups in total. The lowest BCUT2D eigenvalue weighted by Crippen LogP contribution is -2.35. The van der Waals surface area contributed by atoms with Crippen molar-refractivity contribution in [2.45, 2.75) is 6.61 Å². The van der Waals surface area contributed by atoms with E-state index < -0.39 is 42.2 Å². The molecular formula is C16H12F5N3O2S. The van der Waals surface area contributed by atoms with Crippen LogP contribution in [0.1, 0.15) is 0 Å². The second-order valence-electron chi connectivity index (χ2n) is 4.98. The molecule has 0 radical (unpaired) electrons. The van der Waals surface area contributed by atoms with Gasteiger partial charge in [-0.15, -0.1) is 0 Å². The van der Waals surface area contributed by atoms with Gasteiger partial charge in [0.2, 0.25) is 5.91 Å². The summed E-state index contributed by atoms with van der Waals surface area (Å²) in [5.74, 6) is -5.39. The Bertz CT molecular complexity index is 834. The molecule has 11 heteroatoms. The van der Waals surface area contributed by atoms with Crippen LogP contribution in [0.4, 0.5) is 33.3 Å². The first kappa shape index (κ1) is 20.4. The van der Waals surface area contributed by atoms with Crippen molar-refractivity contribution >= 4 is 34.6 Å². The number of nitrogens with one attached hydrogen (secondary N) is 3. The number of hydrogen-bond donors (Lipinski definition) is 3. The minimum absolute atomic E-state index is 0.0124. The van der Waals surface area contributed by atoms with Crippen LogP contribution in [0, 0.1) is 17.5 Å². The third-order valence-corrected chi connectivity index (χ3v) is 3.30. The van der Waals surface area contributed by atoms with Crippen molar-refractivity contribution < 1.29 is 31.5 Å². The molecule has 1 amide bonds. The highest BCUT2D eigenvalue weighted by atomic mass is 32.1. The molecular weight excluding hydrogens is 393 g/mol. The maximum atomic E-state index is 13.5. The summed E-state index contributed by atoms with van der Waals surface area (Å²) < 4.78 is 67.7. The second-order valence-corrected chi connectivity index (χ2v) is 5.39. The van der Waals surface area contributed by atoms with Crippen molar-refractivity contribution in [3.05, 3.63) is 53.8 Å². The average molecular weight is 405 g/mol.